The number of amides is 1. The Morgan fingerprint density at radius 2 is 1.81 bits per heavy atom. The summed E-state index contributed by atoms with van der Waals surface area (Å²) < 4.78 is 5.54. The van der Waals surface area contributed by atoms with Crippen LogP contribution in [0.4, 0.5) is 5.69 Å². The SMILES string of the molecule is CC(C)Oc1ccc(NC(=O)Cc2ccccc2O)cc1. The third-order valence-corrected chi connectivity index (χ3v) is 2.85. The highest BCUT2D eigenvalue weighted by atomic mass is 16.5. The topological polar surface area (TPSA) is 58.6 Å². The number of hydrogen-bond donors (Lipinski definition) is 2. The molecule has 0 saturated carbocycles. The van der Waals surface area contributed by atoms with Gasteiger partial charge in [0.1, 0.15) is 11.5 Å². The number of anilines is 1. The van der Waals surface area contributed by atoms with Gasteiger partial charge in [0.05, 0.1) is 12.5 Å². The fourth-order valence-electron chi connectivity index (χ4n) is 1.93. The Hall–Kier alpha value is -2.49. The zero-order valence-corrected chi connectivity index (χ0v) is 12.2. The lowest BCUT2D eigenvalue weighted by Crippen LogP contribution is -2.14. The van der Waals surface area contributed by atoms with E-state index in [1.54, 1.807) is 36.4 Å². The first-order valence-electron chi connectivity index (χ1n) is 6.88. The molecular formula is C17H19NO3. The number of para-hydroxylation sites is 1. The number of carbonyl (C=O) groups is 1. The van der Waals surface area contributed by atoms with Gasteiger partial charge in [0.2, 0.25) is 5.91 Å². The number of rotatable bonds is 5. The molecule has 0 atom stereocenters. The van der Waals surface area contributed by atoms with Crippen LogP contribution in [0, 0.1) is 0 Å². The van der Waals surface area contributed by atoms with Gasteiger partial charge in [-0.2, -0.15) is 0 Å². The maximum Gasteiger partial charge on any atom is 0.228 e. The van der Waals surface area contributed by atoms with Crippen molar-refractivity contribution in [1.82, 2.24) is 0 Å². The molecule has 2 rings (SSSR count). The van der Waals surface area contributed by atoms with Crippen molar-refractivity contribution in [2.45, 2.75) is 26.4 Å². The number of aromatic hydroxyl groups is 1. The molecule has 0 aliphatic carbocycles. The second kappa shape index (κ2) is 6.79. The summed E-state index contributed by atoms with van der Waals surface area (Å²) in [6.07, 6.45) is 0.253. The Morgan fingerprint density at radius 1 is 1.14 bits per heavy atom. The molecule has 2 N–H and O–H groups in total. The minimum atomic E-state index is -0.172. The quantitative estimate of drug-likeness (QED) is 0.885. The van der Waals surface area contributed by atoms with E-state index in [1.165, 1.54) is 0 Å². The molecule has 0 heterocycles. The van der Waals surface area contributed by atoms with Gasteiger partial charge in [-0.15, -0.1) is 0 Å². The molecule has 21 heavy (non-hydrogen) atoms. The normalized spacial score (nSPS) is 10.4. The lowest BCUT2D eigenvalue weighted by atomic mass is 10.1. The lowest BCUT2D eigenvalue weighted by Gasteiger charge is -2.11. The number of phenols is 1. The summed E-state index contributed by atoms with van der Waals surface area (Å²) in [6, 6.07) is 14.0. The fraction of sp³-hybridized carbons (Fsp3) is 0.235. The highest BCUT2D eigenvalue weighted by molar-refractivity contribution is 5.92. The predicted molar refractivity (Wildman–Crippen MR) is 82.6 cm³/mol. The van der Waals surface area contributed by atoms with Crippen molar-refractivity contribution in [2.75, 3.05) is 5.32 Å². The van der Waals surface area contributed by atoms with E-state index in [0.717, 1.165) is 5.75 Å². The summed E-state index contributed by atoms with van der Waals surface area (Å²) in [5, 5.41) is 12.4. The number of nitrogens with one attached hydrogen (secondary N) is 1. The van der Waals surface area contributed by atoms with Crippen LogP contribution < -0.4 is 10.1 Å². The molecule has 0 unspecified atom stereocenters. The molecule has 0 spiro atoms. The van der Waals surface area contributed by atoms with E-state index < -0.39 is 0 Å². The number of carbonyl (C=O) groups excluding carboxylic acids is 1. The zero-order valence-electron chi connectivity index (χ0n) is 12.2. The molecule has 0 aliphatic heterocycles. The van der Waals surface area contributed by atoms with E-state index in [2.05, 4.69) is 5.32 Å². The fourth-order valence-corrected chi connectivity index (χ4v) is 1.93. The Labute approximate surface area is 124 Å². The summed E-state index contributed by atoms with van der Waals surface area (Å²) in [4.78, 5) is 11.9. The van der Waals surface area contributed by atoms with Crippen molar-refractivity contribution < 1.29 is 14.6 Å². The van der Waals surface area contributed by atoms with Gasteiger partial charge in [0.15, 0.2) is 0 Å². The second-order valence-electron chi connectivity index (χ2n) is 5.04. The molecule has 2 aromatic rings. The Kier molecular flexibility index (Phi) is 4.82. The molecule has 4 nitrogen and oxygen atoms in total. The van der Waals surface area contributed by atoms with Crippen LogP contribution in [0.5, 0.6) is 11.5 Å². The van der Waals surface area contributed by atoms with Crippen LogP contribution >= 0.6 is 0 Å². The molecule has 0 aliphatic rings. The highest BCUT2D eigenvalue weighted by Crippen LogP contribution is 2.19. The maximum absolute atomic E-state index is 11.9. The molecule has 1 amide bonds. The van der Waals surface area contributed by atoms with Gasteiger partial charge in [0, 0.05) is 11.3 Å². The summed E-state index contributed by atoms with van der Waals surface area (Å²) >= 11 is 0. The third kappa shape index (κ3) is 4.53. The van der Waals surface area contributed by atoms with Crippen LogP contribution in [0.15, 0.2) is 48.5 Å². The van der Waals surface area contributed by atoms with Crippen LogP contribution in [-0.2, 0) is 11.2 Å². The Morgan fingerprint density at radius 3 is 2.43 bits per heavy atom. The van der Waals surface area contributed by atoms with Crippen molar-refractivity contribution in [3.63, 3.8) is 0 Å². The summed E-state index contributed by atoms with van der Waals surface area (Å²) in [6.45, 7) is 3.92. The van der Waals surface area contributed by atoms with E-state index in [9.17, 15) is 9.90 Å². The number of hydrogen-bond acceptors (Lipinski definition) is 3. The summed E-state index contributed by atoms with van der Waals surface area (Å²) in [5.41, 5.74) is 1.31. The monoisotopic (exact) mass is 285 g/mol. The van der Waals surface area contributed by atoms with Crippen molar-refractivity contribution in [1.29, 1.82) is 0 Å². The average Bonchev–Trinajstić information content (AvgIpc) is 2.43. The molecule has 2 aromatic carbocycles. The molecule has 0 fully saturated rings. The van der Waals surface area contributed by atoms with Crippen LogP contribution in [0.1, 0.15) is 19.4 Å². The molecule has 110 valence electrons. The van der Waals surface area contributed by atoms with E-state index in [0.29, 0.717) is 11.3 Å². The predicted octanol–water partition coefficient (Wildman–Crippen LogP) is 3.36. The molecule has 0 radical (unpaired) electrons. The minimum absolute atomic E-state index is 0.117. The maximum atomic E-state index is 11.9. The highest BCUT2D eigenvalue weighted by Gasteiger charge is 2.07. The van der Waals surface area contributed by atoms with Crippen molar-refractivity contribution in [3.8, 4) is 11.5 Å². The van der Waals surface area contributed by atoms with Gasteiger partial charge >= 0.3 is 0 Å². The van der Waals surface area contributed by atoms with Gasteiger partial charge in [-0.05, 0) is 44.2 Å². The van der Waals surface area contributed by atoms with Gasteiger partial charge in [-0.3, -0.25) is 4.79 Å². The van der Waals surface area contributed by atoms with Crippen molar-refractivity contribution in [3.05, 3.63) is 54.1 Å². The first-order chi connectivity index (χ1) is 10.0. The van der Waals surface area contributed by atoms with E-state index in [-0.39, 0.29) is 24.2 Å². The standard InChI is InChI=1S/C17H19NO3/c1-12(2)21-15-9-7-14(8-10-15)18-17(20)11-13-5-3-4-6-16(13)19/h3-10,12,19H,11H2,1-2H3,(H,18,20). The summed E-state index contributed by atoms with van der Waals surface area (Å²) in [7, 11) is 0. The van der Waals surface area contributed by atoms with E-state index in [1.807, 2.05) is 26.0 Å². The lowest BCUT2D eigenvalue weighted by molar-refractivity contribution is -0.115. The van der Waals surface area contributed by atoms with E-state index in [4.69, 9.17) is 4.74 Å². The van der Waals surface area contributed by atoms with Crippen LogP contribution in [0.25, 0.3) is 0 Å². The smallest absolute Gasteiger partial charge is 0.228 e. The van der Waals surface area contributed by atoms with E-state index >= 15 is 0 Å². The molecule has 0 bridgehead atoms. The number of phenolic OH excluding ortho intramolecular Hbond substituents is 1. The van der Waals surface area contributed by atoms with Crippen LogP contribution in [0.2, 0.25) is 0 Å². The minimum Gasteiger partial charge on any atom is -0.508 e. The summed E-state index contributed by atoms with van der Waals surface area (Å²) in [5.74, 6) is 0.728. The Bertz CT molecular complexity index is 606. The number of ether oxygens (including phenoxy) is 1. The Balaban J connectivity index is 1.95. The third-order valence-electron chi connectivity index (χ3n) is 2.85. The average molecular weight is 285 g/mol. The molecule has 0 aromatic heterocycles. The van der Waals surface area contributed by atoms with Gasteiger partial charge < -0.3 is 15.2 Å². The van der Waals surface area contributed by atoms with Crippen molar-refractivity contribution in [2.24, 2.45) is 0 Å². The molecule has 4 heteroatoms. The molecule has 0 saturated heterocycles. The van der Waals surface area contributed by atoms with Crippen LogP contribution in [-0.4, -0.2) is 17.1 Å². The first-order valence-corrected chi connectivity index (χ1v) is 6.88. The zero-order chi connectivity index (χ0) is 15.2. The number of benzene rings is 2. The largest absolute Gasteiger partial charge is 0.508 e. The second-order valence-corrected chi connectivity index (χ2v) is 5.04. The van der Waals surface area contributed by atoms with Gasteiger partial charge in [0.25, 0.3) is 0 Å². The molecular weight excluding hydrogens is 266 g/mol. The van der Waals surface area contributed by atoms with Gasteiger partial charge in [-0.1, -0.05) is 18.2 Å². The van der Waals surface area contributed by atoms with Crippen molar-refractivity contribution >= 4 is 11.6 Å². The van der Waals surface area contributed by atoms with Gasteiger partial charge in [-0.25, -0.2) is 0 Å². The first kappa shape index (κ1) is 14.9. The van der Waals surface area contributed by atoms with Crippen LogP contribution in [0.3, 0.4) is 0 Å².